The summed E-state index contributed by atoms with van der Waals surface area (Å²) >= 11 is 0. The maximum atomic E-state index is 12.6. The van der Waals surface area contributed by atoms with Gasteiger partial charge in [0.1, 0.15) is 11.9 Å². The monoisotopic (exact) mass is 353 g/mol. The van der Waals surface area contributed by atoms with E-state index in [0.29, 0.717) is 36.7 Å². The first-order chi connectivity index (χ1) is 12.6. The molecule has 7 heteroatoms. The number of amides is 2. The van der Waals surface area contributed by atoms with Gasteiger partial charge < -0.3 is 19.7 Å². The summed E-state index contributed by atoms with van der Waals surface area (Å²) in [4.78, 5) is 30.7. The van der Waals surface area contributed by atoms with Crippen molar-refractivity contribution in [3.8, 4) is 11.5 Å². The van der Waals surface area contributed by atoms with Gasteiger partial charge in [0.2, 0.25) is 18.6 Å². The minimum Gasteiger partial charge on any atom is -0.454 e. The SMILES string of the molecule is Cc1ccc(NC(=O)[C@H]2CCC(=O)N2Cc2ccc3c(c2)OCO3)nc1. The number of nitrogens with zero attached hydrogens (tertiary/aromatic N) is 2. The van der Waals surface area contributed by atoms with Crippen LogP contribution < -0.4 is 14.8 Å². The quantitative estimate of drug-likeness (QED) is 0.912. The third kappa shape index (κ3) is 3.20. The van der Waals surface area contributed by atoms with E-state index in [9.17, 15) is 9.59 Å². The molecule has 3 heterocycles. The van der Waals surface area contributed by atoms with Crippen LogP contribution in [0.5, 0.6) is 11.5 Å². The highest BCUT2D eigenvalue weighted by atomic mass is 16.7. The van der Waals surface area contributed by atoms with Gasteiger partial charge >= 0.3 is 0 Å². The Bertz CT molecular complexity index is 850. The van der Waals surface area contributed by atoms with Crippen LogP contribution in [-0.4, -0.2) is 34.5 Å². The molecule has 1 aromatic carbocycles. The zero-order valence-electron chi connectivity index (χ0n) is 14.4. The summed E-state index contributed by atoms with van der Waals surface area (Å²) in [5.41, 5.74) is 1.92. The van der Waals surface area contributed by atoms with E-state index in [4.69, 9.17) is 9.47 Å². The second kappa shape index (κ2) is 6.67. The molecule has 7 nitrogen and oxygen atoms in total. The van der Waals surface area contributed by atoms with Crippen LogP contribution >= 0.6 is 0 Å². The molecule has 1 fully saturated rings. The minimum atomic E-state index is -0.504. The molecule has 4 rings (SSSR count). The Morgan fingerprint density at radius 1 is 1.27 bits per heavy atom. The number of hydrogen-bond donors (Lipinski definition) is 1. The first-order valence-electron chi connectivity index (χ1n) is 8.52. The Morgan fingerprint density at radius 2 is 2.12 bits per heavy atom. The molecule has 2 aliphatic heterocycles. The predicted octanol–water partition coefficient (Wildman–Crippen LogP) is 2.25. The fraction of sp³-hybridized carbons (Fsp3) is 0.316. The van der Waals surface area contributed by atoms with Crippen LogP contribution in [0.2, 0.25) is 0 Å². The van der Waals surface area contributed by atoms with Crippen LogP contribution in [0, 0.1) is 6.92 Å². The van der Waals surface area contributed by atoms with Crippen LogP contribution in [-0.2, 0) is 16.1 Å². The summed E-state index contributed by atoms with van der Waals surface area (Å²) in [6.45, 7) is 2.49. The van der Waals surface area contributed by atoms with Crippen molar-refractivity contribution in [1.82, 2.24) is 9.88 Å². The second-order valence-electron chi connectivity index (χ2n) is 6.47. The number of carbonyl (C=O) groups is 2. The highest BCUT2D eigenvalue weighted by Crippen LogP contribution is 2.33. The van der Waals surface area contributed by atoms with E-state index >= 15 is 0 Å². The molecule has 0 unspecified atom stereocenters. The number of fused-ring (bicyclic) bond motifs is 1. The number of likely N-dealkylation sites (tertiary alicyclic amines) is 1. The standard InChI is InChI=1S/C19H19N3O4/c1-12-2-6-17(20-9-12)21-19(24)14-4-7-18(23)22(14)10-13-3-5-15-16(8-13)26-11-25-15/h2-3,5-6,8-9,14H,4,7,10-11H2,1H3,(H,20,21,24)/t14-/m1/s1. The third-order valence-electron chi connectivity index (χ3n) is 4.58. The van der Waals surface area contributed by atoms with E-state index in [1.165, 1.54) is 0 Å². The van der Waals surface area contributed by atoms with Gasteiger partial charge in [0.15, 0.2) is 11.5 Å². The van der Waals surface area contributed by atoms with Gasteiger partial charge in [-0.2, -0.15) is 0 Å². The normalized spacial score (nSPS) is 18.3. The number of ether oxygens (including phenoxy) is 2. The number of aromatic nitrogens is 1. The Balaban J connectivity index is 1.48. The molecule has 1 atom stereocenters. The van der Waals surface area contributed by atoms with Gasteiger partial charge in [-0.3, -0.25) is 9.59 Å². The van der Waals surface area contributed by atoms with Gasteiger partial charge in [0.05, 0.1) is 0 Å². The number of nitrogens with one attached hydrogen (secondary N) is 1. The maximum Gasteiger partial charge on any atom is 0.248 e. The van der Waals surface area contributed by atoms with Gasteiger partial charge in [-0.25, -0.2) is 4.98 Å². The number of hydrogen-bond acceptors (Lipinski definition) is 5. The van der Waals surface area contributed by atoms with Gasteiger partial charge in [0.25, 0.3) is 0 Å². The number of anilines is 1. The molecule has 0 aliphatic carbocycles. The Morgan fingerprint density at radius 3 is 2.92 bits per heavy atom. The van der Waals surface area contributed by atoms with E-state index in [1.807, 2.05) is 31.2 Å². The van der Waals surface area contributed by atoms with Gasteiger partial charge in [-0.15, -0.1) is 0 Å². The van der Waals surface area contributed by atoms with Crippen molar-refractivity contribution in [3.05, 3.63) is 47.7 Å². The number of aryl methyl sites for hydroxylation is 1. The topological polar surface area (TPSA) is 80.8 Å². The number of pyridine rings is 1. The molecular formula is C19H19N3O4. The maximum absolute atomic E-state index is 12.6. The van der Waals surface area contributed by atoms with Crippen LogP contribution in [0.25, 0.3) is 0 Å². The molecular weight excluding hydrogens is 334 g/mol. The van der Waals surface area contributed by atoms with Crippen molar-refractivity contribution >= 4 is 17.6 Å². The first kappa shape index (κ1) is 16.4. The van der Waals surface area contributed by atoms with Gasteiger partial charge in [-0.1, -0.05) is 12.1 Å². The summed E-state index contributed by atoms with van der Waals surface area (Å²) in [5.74, 6) is 1.61. The highest BCUT2D eigenvalue weighted by molar-refractivity contribution is 5.98. The van der Waals surface area contributed by atoms with Crippen molar-refractivity contribution in [1.29, 1.82) is 0 Å². The number of carbonyl (C=O) groups excluding carboxylic acids is 2. The van der Waals surface area contributed by atoms with Gasteiger partial charge in [0, 0.05) is 19.2 Å². The van der Waals surface area contributed by atoms with Crippen LogP contribution in [0.4, 0.5) is 5.82 Å². The van der Waals surface area contributed by atoms with Crippen molar-refractivity contribution in [3.63, 3.8) is 0 Å². The van der Waals surface area contributed by atoms with Crippen LogP contribution in [0.1, 0.15) is 24.0 Å². The van der Waals surface area contributed by atoms with Crippen molar-refractivity contribution < 1.29 is 19.1 Å². The Labute approximate surface area is 150 Å². The average Bonchev–Trinajstić information content (AvgIpc) is 3.24. The fourth-order valence-electron chi connectivity index (χ4n) is 3.19. The lowest BCUT2D eigenvalue weighted by molar-refractivity contribution is -0.133. The van der Waals surface area contributed by atoms with Gasteiger partial charge in [-0.05, 0) is 42.7 Å². The lowest BCUT2D eigenvalue weighted by Gasteiger charge is -2.24. The number of benzene rings is 1. The fourth-order valence-corrected chi connectivity index (χ4v) is 3.19. The largest absolute Gasteiger partial charge is 0.454 e. The lowest BCUT2D eigenvalue weighted by atomic mass is 10.1. The predicted molar refractivity (Wildman–Crippen MR) is 93.7 cm³/mol. The molecule has 0 saturated carbocycles. The Kier molecular flexibility index (Phi) is 4.20. The van der Waals surface area contributed by atoms with Crippen LogP contribution in [0.3, 0.4) is 0 Å². The van der Waals surface area contributed by atoms with Crippen LogP contribution in [0.15, 0.2) is 36.5 Å². The second-order valence-corrected chi connectivity index (χ2v) is 6.47. The van der Waals surface area contributed by atoms with E-state index in [1.54, 1.807) is 17.2 Å². The Hall–Kier alpha value is -3.09. The highest BCUT2D eigenvalue weighted by Gasteiger charge is 2.36. The molecule has 134 valence electrons. The summed E-state index contributed by atoms with van der Waals surface area (Å²) in [7, 11) is 0. The molecule has 2 aromatic rings. The molecule has 0 spiro atoms. The molecule has 0 bridgehead atoms. The van der Waals surface area contributed by atoms with Crippen molar-refractivity contribution in [2.24, 2.45) is 0 Å². The van der Waals surface area contributed by atoms with Crippen molar-refractivity contribution in [2.45, 2.75) is 32.4 Å². The first-order valence-corrected chi connectivity index (χ1v) is 8.52. The third-order valence-corrected chi connectivity index (χ3v) is 4.58. The minimum absolute atomic E-state index is 0.0281. The molecule has 1 N–H and O–H groups in total. The average molecular weight is 353 g/mol. The zero-order valence-corrected chi connectivity index (χ0v) is 14.4. The molecule has 1 aromatic heterocycles. The summed E-state index contributed by atoms with van der Waals surface area (Å²) < 4.78 is 10.7. The summed E-state index contributed by atoms with van der Waals surface area (Å²) in [6, 6.07) is 8.69. The van der Waals surface area contributed by atoms with E-state index in [0.717, 1.165) is 11.1 Å². The molecule has 2 amide bonds. The molecule has 2 aliphatic rings. The molecule has 0 radical (unpaired) electrons. The van der Waals surface area contributed by atoms with Crippen molar-refractivity contribution in [2.75, 3.05) is 12.1 Å². The summed E-state index contributed by atoms with van der Waals surface area (Å²) in [6.07, 6.45) is 2.56. The lowest BCUT2D eigenvalue weighted by Crippen LogP contribution is -2.41. The molecule has 26 heavy (non-hydrogen) atoms. The molecule has 1 saturated heterocycles. The smallest absolute Gasteiger partial charge is 0.248 e. The zero-order chi connectivity index (χ0) is 18.1. The van der Waals surface area contributed by atoms with E-state index in [2.05, 4.69) is 10.3 Å². The van der Waals surface area contributed by atoms with E-state index < -0.39 is 6.04 Å². The number of rotatable bonds is 4. The van der Waals surface area contributed by atoms with E-state index in [-0.39, 0.29) is 18.6 Å². The summed E-state index contributed by atoms with van der Waals surface area (Å²) in [5, 5.41) is 2.80.